The lowest BCUT2D eigenvalue weighted by molar-refractivity contribution is 0.0364. The minimum atomic E-state index is -0.0850. The number of hydrogen-bond acceptors (Lipinski definition) is 4. The SMILES string of the molecule is C/C=C\c1c(C)cccc1[C@H](C)NC(=O)N(CCCN1CCOCC1)Cc1ccc(CN2CCCC2)cc1. The largest absolute Gasteiger partial charge is 0.379 e. The van der Waals surface area contributed by atoms with E-state index < -0.39 is 0 Å². The molecule has 0 aromatic heterocycles. The van der Waals surface area contributed by atoms with Crippen molar-refractivity contribution in [2.45, 2.75) is 59.2 Å². The van der Waals surface area contributed by atoms with E-state index in [-0.39, 0.29) is 12.1 Å². The van der Waals surface area contributed by atoms with Crippen molar-refractivity contribution in [3.05, 3.63) is 76.4 Å². The van der Waals surface area contributed by atoms with Crippen LogP contribution in [0.15, 0.2) is 48.5 Å². The first kappa shape index (κ1) is 28.3. The molecule has 1 N–H and O–H groups in total. The van der Waals surface area contributed by atoms with E-state index in [0.29, 0.717) is 6.54 Å². The van der Waals surface area contributed by atoms with E-state index in [9.17, 15) is 4.79 Å². The van der Waals surface area contributed by atoms with Gasteiger partial charge in [-0.25, -0.2) is 4.79 Å². The Morgan fingerprint density at radius 1 is 1.03 bits per heavy atom. The van der Waals surface area contributed by atoms with Gasteiger partial charge >= 0.3 is 6.03 Å². The van der Waals surface area contributed by atoms with Crippen molar-refractivity contribution >= 4 is 12.1 Å². The molecule has 0 radical (unpaired) electrons. The van der Waals surface area contributed by atoms with Gasteiger partial charge in [-0.05, 0) is 80.9 Å². The van der Waals surface area contributed by atoms with Crippen LogP contribution in [-0.4, -0.2) is 73.2 Å². The number of amides is 2. The maximum atomic E-state index is 13.6. The van der Waals surface area contributed by atoms with Gasteiger partial charge in [0, 0.05) is 39.3 Å². The van der Waals surface area contributed by atoms with E-state index in [1.54, 1.807) is 0 Å². The van der Waals surface area contributed by atoms with Crippen LogP contribution in [0.4, 0.5) is 4.79 Å². The lowest BCUT2D eigenvalue weighted by Crippen LogP contribution is -2.43. The van der Waals surface area contributed by atoms with E-state index in [1.807, 2.05) is 11.8 Å². The third-order valence-electron chi connectivity index (χ3n) is 7.79. The zero-order valence-corrected chi connectivity index (χ0v) is 23.6. The highest BCUT2D eigenvalue weighted by Gasteiger charge is 2.20. The van der Waals surface area contributed by atoms with Crippen molar-refractivity contribution in [3.63, 3.8) is 0 Å². The Kier molecular flexibility index (Phi) is 10.8. The predicted molar refractivity (Wildman–Crippen MR) is 156 cm³/mol. The molecule has 2 heterocycles. The Morgan fingerprint density at radius 3 is 2.45 bits per heavy atom. The molecule has 6 heteroatoms. The Hall–Kier alpha value is -2.67. The highest BCUT2D eigenvalue weighted by Crippen LogP contribution is 2.23. The first-order valence-electron chi connectivity index (χ1n) is 14.4. The fraction of sp³-hybridized carbons (Fsp3) is 0.531. The van der Waals surface area contributed by atoms with Gasteiger partial charge < -0.3 is 15.0 Å². The quantitative estimate of drug-likeness (QED) is 0.420. The average molecular weight is 519 g/mol. The molecule has 0 bridgehead atoms. The summed E-state index contributed by atoms with van der Waals surface area (Å²) in [5, 5.41) is 3.30. The van der Waals surface area contributed by atoms with Crippen molar-refractivity contribution in [1.82, 2.24) is 20.0 Å². The predicted octanol–water partition coefficient (Wildman–Crippen LogP) is 5.62. The fourth-order valence-corrected chi connectivity index (χ4v) is 5.56. The maximum Gasteiger partial charge on any atom is 0.318 e. The zero-order valence-electron chi connectivity index (χ0n) is 23.6. The molecule has 2 aliphatic heterocycles. The second-order valence-corrected chi connectivity index (χ2v) is 10.8. The van der Waals surface area contributed by atoms with Gasteiger partial charge in [0.1, 0.15) is 0 Å². The molecule has 0 aliphatic carbocycles. The number of benzene rings is 2. The summed E-state index contributed by atoms with van der Waals surface area (Å²) in [6.07, 6.45) is 7.76. The van der Waals surface area contributed by atoms with E-state index in [4.69, 9.17) is 4.74 Å². The molecule has 4 rings (SSSR count). The third kappa shape index (κ3) is 8.16. The highest BCUT2D eigenvalue weighted by molar-refractivity contribution is 5.75. The van der Waals surface area contributed by atoms with Gasteiger partial charge in [-0.3, -0.25) is 9.80 Å². The number of carbonyl (C=O) groups excluding carboxylic acids is 1. The van der Waals surface area contributed by atoms with Gasteiger partial charge in [-0.15, -0.1) is 0 Å². The van der Waals surface area contributed by atoms with Gasteiger partial charge in [0.15, 0.2) is 0 Å². The maximum absolute atomic E-state index is 13.6. The number of ether oxygens (including phenoxy) is 1. The molecule has 206 valence electrons. The summed E-state index contributed by atoms with van der Waals surface area (Å²) in [6.45, 7) is 15.5. The van der Waals surface area contributed by atoms with Gasteiger partial charge in [0.05, 0.1) is 19.3 Å². The summed E-state index contributed by atoms with van der Waals surface area (Å²) in [7, 11) is 0. The molecule has 2 aromatic rings. The number of rotatable bonds is 11. The number of morpholine rings is 1. The first-order chi connectivity index (χ1) is 18.5. The van der Waals surface area contributed by atoms with Crippen LogP contribution >= 0.6 is 0 Å². The summed E-state index contributed by atoms with van der Waals surface area (Å²) in [5.41, 5.74) is 6.09. The molecule has 0 spiro atoms. The monoisotopic (exact) mass is 518 g/mol. The van der Waals surface area contributed by atoms with Gasteiger partial charge in [0.25, 0.3) is 0 Å². The molecular weight excluding hydrogens is 472 g/mol. The molecule has 2 amide bonds. The molecule has 2 aliphatic rings. The second kappa shape index (κ2) is 14.5. The molecule has 2 aromatic carbocycles. The number of nitrogens with one attached hydrogen (secondary N) is 1. The lowest BCUT2D eigenvalue weighted by atomic mass is 9.97. The summed E-state index contributed by atoms with van der Waals surface area (Å²) in [6, 6.07) is 15.1. The summed E-state index contributed by atoms with van der Waals surface area (Å²) < 4.78 is 5.49. The van der Waals surface area contributed by atoms with Crippen molar-refractivity contribution < 1.29 is 9.53 Å². The molecule has 2 saturated heterocycles. The first-order valence-corrected chi connectivity index (χ1v) is 14.4. The third-order valence-corrected chi connectivity index (χ3v) is 7.79. The molecule has 0 unspecified atom stereocenters. The van der Waals surface area contributed by atoms with Crippen molar-refractivity contribution in [3.8, 4) is 0 Å². The van der Waals surface area contributed by atoms with Crippen LogP contribution in [0.2, 0.25) is 0 Å². The van der Waals surface area contributed by atoms with E-state index in [0.717, 1.165) is 57.9 Å². The number of likely N-dealkylation sites (tertiary alicyclic amines) is 1. The van der Waals surface area contributed by atoms with E-state index >= 15 is 0 Å². The summed E-state index contributed by atoms with van der Waals surface area (Å²) in [5.74, 6) is 0. The second-order valence-electron chi connectivity index (χ2n) is 10.8. The van der Waals surface area contributed by atoms with Crippen LogP contribution in [0, 0.1) is 6.92 Å². The van der Waals surface area contributed by atoms with Crippen molar-refractivity contribution in [2.24, 2.45) is 0 Å². The van der Waals surface area contributed by atoms with E-state index in [1.165, 1.54) is 48.2 Å². The Balaban J connectivity index is 1.42. The van der Waals surface area contributed by atoms with Crippen LogP contribution < -0.4 is 5.32 Å². The number of allylic oxidation sites excluding steroid dienone is 1. The van der Waals surface area contributed by atoms with Crippen molar-refractivity contribution in [2.75, 3.05) is 52.5 Å². The highest BCUT2D eigenvalue weighted by atomic mass is 16.5. The normalized spacial score (nSPS) is 17.7. The van der Waals surface area contributed by atoms with Crippen LogP contribution in [0.3, 0.4) is 0 Å². The fourth-order valence-electron chi connectivity index (χ4n) is 5.56. The number of aryl methyl sites for hydroxylation is 1. The van der Waals surface area contributed by atoms with Gasteiger partial charge in [-0.2, -0.15) is 0 Å². The van der Waals surface area contributed by atoms with Crippen molar-refractivity contribution in [1.29, 1.82) is 0 Å². The van der Waals surface area contributed by atoms with Crippen LogP contribution in [-0.2, 0) is 17.8 Å². The number of nitrogens with zero attached hydrogens (tertiary/aromatic N) is 3. The number of urea groups is 1. The Bertz CT molecular complexity index is 1040. The molecular formula is C32H46N4O2. The average Bonchev–Trinajstić information content (AvgIpc) is 3.44. The van der Waals surface area contributed by atoms with E-state index in [2.05, 4.69) is 83.6 Å². The molecule has 38 heavy (non-hydrogen) atoms. The van der Waals surface area contributed by atoms with Crippen LogP contribution in [0.25, 0.3) is 6.08 Å². The number of hydrogen-bond donors (Lipinski definition) is 1. The minimum Gasteiger partial charge on any atom is -0.379 e. The standard InChI is InChI=1S/C32H46N4O2/c1-4-9-30-26(2)10-7-11-31(30)27(3)33-32(37)36(19-8-18-34-20-22-38-23-21-34)25-29-14-12-28(13-15-29)24-35-16-5-6-17-35/h4,7,9-15,27H,5-6,8,16-25H2,1-3H3,(H,33,37)/b9-4-/t27-/m0/s1. The Morgan fingerprint density at radius 2 is 1.74 bits per heavy atom. The molecule has 1 atom stereocenters. The smallest absolute Gasteiger partial charge is 0.318 e. The summed E-state index contributed by atoms with van der Waals surface area (Å²) >= 11 is 0. The zero-order chi connectivity index (χ0) is 26.7. The molecule has 0 saturated carbocycles. The van der Waals surface area contributed by atoms with Crippen LogP contribution in [0.1, 0.15) is 67.0 Å². The van der Waals surface area contributed by atoms with Crippen LogP contribution in [0.5, 0.6) is 0 Å². The van der Waals surface area contributed by atoms with Gasteiger partial charge in [-0.1, -0.05) is 54.6 Å². The minimum absolute atomic E-state index is 0.00597. The van der Waals surface area contributed by atoms with Gasteiger partial charge in [0.2, 0.25) is 0 Å². The summed E-state index contributed by atoms with van der Waals surface area (Å²) in [4.78, 5) is 20.6. The molecule has 2 fully saturated rings. The number of carbonyl (C=O) groups is 1. The Labute approximate surface area is 229 Å². The topological polar surface area (TPSA) is 48.1 Å². The molecule has 6 nitrogen and oxygen atoms in total. The lowest BCUT2D eigenvalue weighted by Gasteiger charge is -2.29.